The number of carbonyl (C=O) groups is 1. The van der Waals surface area contributed by atoms with E-state index < -0.39 is 0 Å². The van der Waals surface area contributed by atoms with E-state index in [0.717, 1.165) is 30.3 Å². The first-order chi connectivity index (χ1) is 8.78. The van der Waals surface area contributed by atoms with Gasteiger partial charge in [-0.05, 0) is 30.9 Å². The van der Waals surface area contributed by atoms with Crippen LogP contribution in [0.15, 0.2) is 36.4 Å². The van der Waals surface area contributed by atoms with Gasteiger partial charge in [0.2, 0.25) is 0 Å². The maximum atomic E-state index is 10.7. The van der Waals surface area contributed by atoms with Crippen molar-refractivity contribution < 1.29 is 4.79 Å². The molecular weight excluding hydrogens is 290 g/mol. The first-order valence-electron chi connectivity index (χ1n) is 6.23. The molecule has 1 heterocycles. The molecule has 92 valence electrons. The van der Waals surface area contributed by atoms with Gasteiger partial charge in [0.05, 0.1) is 10.3 Å². The summed E-state index contributed by atoms with van der Waals surface area (Å²) >= 11 is 3.40. The number of pyridine rings is 1. The summed E-state index contributed by atoms with van der Waals surface area (Å²) in [6.45, 7) is 0. The summed E-state index contributed by atoms with van der Waals surface area (Å²) in [6, 6.07) is 12.4. The maximum absolute atomic E-state index is 10.7. The Balaban J connectivity index is 1.78. The summed E-state index contributed by atoms with van der Waals surface area (Å²) in [6.07, 6.45) is 3.11. The third kappa shape index (κ3) is 2.07. The fourth-order valence-corrected chi connectivity index (χ4v) is 3.02. The van der Waals surface area contributed by atoms with Crippen LogP contribution in [-0.2, 0) is 4.79 Å². The molecule has 2 aromatic rings. The zero-order chi connectivity index (χ0) is 12.5. The van der Waals surface area contributed by atoms with Gasteiger partial charge in [-0.2, -0.15) is 0 Å². The van der Waals surface area contributed by atoms with Crippen molar-refractivity contribution >= 4 is 33.1 Å². The summed E-state index contributed by atoms with van der Waals surface area (Å²) in [7, 11) is 0. The van der Waals surface area contributed by atoms with E-state index >= 15 is 0 Å². The van der Waals surface area contributed by atoms with Gasteiger partial charge in [-0.3, -0.25) is 4.98 Å². The smallest absolute Gasteiger partial charge is 0.133 e. The average Bonchev–Trinajstić information content (AvgIpc) is 2.36. The number of hydrogen-bond donors (Lipinski definition) is 0. The molecule has 2 nitrogen and oxygen atoms in total. The third-order valence-corrected chi connectivity index (χ3v) is 4.76. The van der Waals surface area contributed by atoms with Gasteiger partial charge in [-0.15, -0.1) is 0 Å². The fraction of sp³-hybridized carbons (Fsp3) is 0.333. The highest BCUT2D eigenvalue weighted by Crippen LogP contribution is 2.44. The van der Waals surface area contributed by atoms with Crippen LogP contribution in [0.1, 0.15) is 24.5 Å². The molecule has 0 bridgehead atoms. The van der Waals surface area contributed by atoms with Crippen molar-refractivity contribution in [3.8, 4) is 0 Å². The van der Waals surface area contributed by atoms with Crippen molar-refractivity contribution in [2.75, 3.05) is 0 Å². The number of nitrogens with zero attached hydrogens (tertiary/aromatic N) is 1. The number of halogens is 1. The predicted octanol–water partition coefficient (Wildman–Crippen LogP) is 3.69. The van der Waals surface area contributed by atoms with Crippen molar-refractivity contribution in [2.45, 2.75) is 23.6 Å². The van der Waals surface area contributed by atoms with Crippen LogP contribution < -0.4 is 0 Å². The number of para-hydroxylation sites is 1. The van der Waals surface area contributed by atoms with Crippen LogP contribution in [-0.4, -0.2) is 16.1 Å². The van der Waals surface area contributed by atoms with E-state index in [0.29, 0.717) is 11.8 Å². The van der Waals surface area contributed by atoms with Gasteiger partial charge in [0, 0.05) is 17.0 Å². The summed E-state index contributed by atoms with van der Waals surface area (Å²) in [5.41, 5.74) is 2.22. The molecule has 0 aliphatic heterocycles. The molecule has 1 fully saturated rings. The van der Waals surface area contributed by atoms with E-state index in [-0.39, 0.29) is 4.83 Å². The van der Waals surface area contributed by atoms with E-state index in [1.165, 1.54) is 5.39 Å². The Hall–Kier alpha value is -1.22. The van der Waals surface area contributed by atoms with Crippen LogP contribution in [0, 0.1) is 5.92 Å². The molecule has 1 aliphatic carbocycles. The molecule has 18 heavy (non-hydrogen) atoms. The fourth-order valence-electron chi connectivity index (χ4n) is 2.58. The van der Waals surface area contributed by atoms with Gasteiger partial charge < -0.3 is 4.79 Å². The summed E-state index contributed by atoms with van der Waals surface area (Å²) in [5.74, 6) is 0.986. The van der Waals surface area contributed by atoms with E-state index in [1.54, 1.807) is 0 Å². The zero-order valence-corrected chi connectivity index (χ0v) is 11.5. The van der Waals surface area contributed by atoms with Crippen LogP contribution in [0.3, 0.4) is 0 Å². The number of hydrogen-bond acceptors (Lipinski definition) is 2. The minimum atomic E-state index is 0.00852. The van der Waals surface area contributed by atoms with Gasteiger partial charge in [0.1, 0.15) is 6.29 Å². The lowest BCUT2D eigenvalue weighted by Crippen LogP contribution is -2.30. The minimum Gasteiger partial charge on any atom is -0.302 e. The van der Waals surface area contributed by atoms with E-state index in [2.05, 4.69) is 34.1 Å². The normalized spacial score (nSPS) is 24.5. The number of aldehydes is 1. The second-order valence-electron chi connectivity index (χ2n) is 4.94. The number of benzene rings is 1. The van der Waals surface area contributed by atoms with Crippen molar-refractivity contribution in [2.24, 2.45) is 5.92 Å². The van der Waals surface area contributed by atoms with Gasteiger partial charge in [0.15, 0.2) is 0 Å². The number of alkyl halides is 1. The Morgan fingerprint density at radius 3 is 2.78 bits per heavy atom. The summed E-state index contributed by atoms with van der Waals surface area (Å²) < 4.78 is 0. The second kappa shape index (κ2) is 4.81. The van der Waals surface area contributed by atoms with Crippen LogP contribution in [0.5, 0.6) is 0 Å². The maximum Gasteiger partial charge on any atom is 0.133 e. The van der Waals surface area contributed by atoms with Gasteiger partial charge in [0.25, 0.3) is 0 Å². The molecule has 0 amide bonds. The van der Waals surface area contributed by atoms with E-state index in [4.69, 9.17) is 4.98 Å². The van der Waals surface area contributed by atoms with E-state index in [1.807, 2.05) is 18.2 Å². The zero-order valence-electron chi connectivity index (χ0n) is 9.92. The minimum absolute atomic E-state index is 0.00852. The second-order valence-corrected chi connectivity index (χ2v) is 6.00. The molecule has 0 saturated heterocycles. The quantitative estimate of drug-likeness (QED) is 0.639. The summed E-state index contributed by atoms with van der Waals surface area (Å²) in [4.78, 5) is 15.4. The highest BCUT2D eigenvalue weighted by molar-refractivity contribution is 9.10. The Labute approximate surface area is 115 Å². The molecule has 3 rings (SSSR count). The molecule has 3 heteroatoms. The standard InChI is InChI=1S/C15H14BrNO/c16-13(9-18)11-7-12(8-11)15-6-5-10-3-1-2-4-14(10)17-15/h1-6,9,11-13H,7-8H2. The predicted molar refractivity (Wildman–Crippen MR) is 76.0 cm³/mol. The molecule has 1 saturated carbocycles. The SMILES string of the molecule is O=CC(Br)C1CC(c2ccc3ccccc3n2)C1. The number of carbonyl (C=O) groups excluding carboxylic acids is 1. The van der Waals surface area contributed by atoms with Crippen LogP contribution in [0.4, 0.5) is 0 Å². The Morgan fingerprint density at radius 2 is 2.00 bits per heavy atom. The molecule has 1 aromatic heterocycles. The number of rotatable bonds is 3. The van der Waals surface area contributed by atoms with Crippen LogP contribution in [0.25, 0.3) is 10.9 Å². The van der Waals surface area contributed by atoms with Crippen molar-refractivity contribution in [3.63, 3.8) is 0 Å². The molecular formula is C15H14BrNO. The molecule has 1 unspecified atom stereocenters. The number of aromatic nitrogens is 1. The lowest BCUT2D eigenvalue weighted by Gasteiger charge is -2.36. The lowest BCUT2D eigenvalue weighted by molar-refractivity contribution is -0.108. The van der Waals surface area contributed by atoms with Crippen molar-refractivity contribution in [1.29, 1.82) is 0 Å². The Morgan fingerprint density at radius 1 is 1.22 bits per heavy atom. The third-order valence-electron chi connectivity index (χ3n) is 3.79. The molecule has 0 radical (unpaired) electrons. The molecule has 1 aliphatic rings. The monoisotopic (exact) mass is 303 g/mol. The Kier molecular flexibility index (Phi) is 3.16. The lowest BCUT2D eigenvalue weighted by atomic mass is 9.72. The molecule has 1 aromatic carbocycles. The van der Waals surface area contributed by atoms with Gasteiger partial charge >= 0.3 is 0 Å². The molecule has 0 spiro atoms. The van der Waals surface area contributed by atoms with E-state index in [9.17, 15) is 4.79 Å². The highest BCUT2D eigenvalue weighted by Gasteiger charge is 2.35. The topological polar surface area (TPSA) is 30.0 Å². The Bertz CT molecular complexity index is 577. The van der Waals surface area contributed by atoms with Gasteiger partial charge in [-0.25, -0.2) is 0 Å². The summed E-state index contributed by atoms with van der Waals surface area (Å²) in [5, 5.41) is 1.18. The number of fused-ring (bicyclic) bond motifs is 1. The van der Waals surface area contributed by atoms with Gasteiger partial charge in [-0.1, -0.05) is 40.2 Å². The van der Waals surface area contributed by atoms with Crippen LogP contribution in [0.2, 0.25) is 0 Å². The molecule has 1 atom stereocenters. The first kappa shape index (κ1) is 11.8. The van der Waals surface area contributed by atoms with Crippen molar-refractivity contribution in [3.05, 3.63) is 42.1 Å². The van der Waals surface area contributed by atoms with Crippen molar-refractivity contribution in [1.82, 2.24) is 4.98 Å². The highest BCUT2D eigenvalue weighted by atomic mass is 79.9. The molecule has 0 N–H and O–H groups in total. The average molecular weight is 304 g/mol. The van der Waals surface area contributed by atoms with Crippen LogP contribution >= 0.6 is 15.9 Å². The first-order valence-corrected chi connectivity index (χ1v) is 7.14. The largest absolute Gasteiger partial charge is 0.302 e.